The van der Waals surface area contributed by atoms with Crippen LogP contribution < -0.4 is 0 Å². The zero-order chi connectivity index (χ0) is 11.9. The van der Waals surface area contributed by atoms with Gasteiger partial charge < -0.3 is 9.64 Å². The zero-order valence-corrected chi connectivity index (χ0v) is 10.8. The summed E-state index contributed by atoms with van der Waals surface area (Å²) in [6.07, 6.45) is 4.12. The Morgan fingerprint density at radius 2 is 2.00 bits per heavy atom. The fourth-order valence-electron chi connectivity index (χ4n) is 2.37. The maximum atomic E-state index is 5.74. The Bertz CT molecular complexity index is 331. The fraction of sp³-hybridized carbons (Fsp3) is 0.600. The van der Waals surface area contributed by atoms with Crippen LogP contribution in [0.15, 0.2) is 24.3 Å². The van der Waals surface area contributed by atoms with Gasteiger partial charge >= 0.3 is 0 Å². The average molecular weight is 233 g/mol. The highest BCUT2D eigenvalue weighted by Gasteiger charge is 2.08. The van der Waals surface area contributed by atoms with Crippen LogP contribution in [0.5, 0.6) is 0 Å². The number of likely N-dealkylation sites (tertiary alicyclic amines) is 1. The average Bonchev–Trinajstić information content (AvgIpc) is 2.36. The van der Waals surface area contributed by atoms with Crippen LogP contribution in [0, 0.1) is 6.92 Å². The quantitative estimate of drug-likeness (QED) is 0.725. The first-order valence-corrected chi connectivity index (χ1v) is 6.70. The Labute approximate surface area is 105 Å². The molecule has 0 aliphatic carbocycles. The number of nitrogens with zero attached hydrogens (tertiary/aromatic N) is 1. The monoisotopic (exact) mass is 233 g/mol. The molecule has 1 fully saturated rings. The molecule has 1 aliphatic heterocycles. The topological polar surface area (TPSA) is 12.5 Å². The second-order valence-corrected chi connectivity index (χ2v) is 4.94. The van der Waals surface area contributed by atoms with E-state index in [2.05, 4.69) is 36.1 Å². The molecule has 0 amide bonds. The second-order valence-electron chi connectivity index (χ2n) is 4.94. The van der Waals surface area contributed by atoms with Crippen LogP contribution in [0.3, 0.4) is 0 Å². The summed E-state index contributed by atoms with van der Waals surface area (Å²) in [5.74, 6) is 0. The highest BCUT2D eigenvalue weighted by Crippen LogP contribution is 2.08. The molecule has 0 radical (unpaired) electrons. The van der Waals surface area contributed by atoms with Crippen molar-refractivity contribution >= 4 is 0 Å². The van der Waals surface area contributed by atoms with Gasteiger partial charge in [0.15, 0.2) is 0 Å². The van der Waals surface area contributed by atoms with Gasteiger partial charge in [0.1, 0.15) is 0 Å². The van der Waals surface area contributed by atoms with Crippen LogP contribution in [-0.4, -0.2) is 31.1 Å². The van der Waals surface area contributed by atoms with Crippen molar-refractivity contribution < 1.29 is 4.74 Å². The smallest absolute Gasteiger partial charge is 0.0717 e. The molecule has 0 aromatic heterocycles. The number of piperidine rings is 1. The maximum Gasteiger partial charge on any atom is 0.0717 e. The molecule has 0 atom stereocenters. The number of hydrogen-bond donors (Lipinski definition) is 0. The normalized spacial score (nSPS) is 17.2. The molecule has 1 aromatic rings. The Morgan fingerprint density at radius 3 is 2.76 bits per heavy atom. The Kier molecular flexibility index (Phi) is 5.02. The van der Waals surface area contributed by atoms with Crippen LogP contribution in [0.2, 0.25) is 0 Å². The van der Waals surface area contributed by atoms with Crippen molar-refractivity contribution in [3.8, 4) is 0 Å². The molecule has 0 spiro atoms. The molecule has 2 rings (SSSR count). The second kappa shape index (κ2) is 6.77. The SMILES string of the molecule is Cc1cccc(COCCN2CCCCC2)c1. The summed E-state index contributed by atoms with van der Waals surface area (Å²) in [5.41, 5.74) is 2.59. The third-order valence-corrected chi connectivity index (χ3v) is 3.35. The summed E-state index contributed by atoms with van der Waals surface area (Å²) >= 11 is 0. The summed E-state index contributed by atoms with van der Waals surface area (Å²) in [7, 11) is 0. The lowest BCUT2D eigenvalue weighted by Gasteiger charge is -2.26. The van der Waals surface area contributed by atoms with Crippen molar-refractivity contribution in [3.63, 3.8) is 0 Å². The van der Waals surface area contributed by atoms with E-state index in [4.69, 9.17) is 4.74 Å². The standard InChI is InChI=1S/C15H23NO/c1-14-6-5-7-15(12-14)13-17-11-10-16-8-3-2-4-9-16/h5-7,12H,2-4,8-11,13H2,1H3. The molecule has 0 bridgehead atoms. The molecule has 1 aromatic carbocycles. The largest absolute Gasteiger partial charge is 0.375 e. The summed E-state index contributed by atoms with van der Waals surface area (Å²) in [6, 6.07) is 8.55. The summed E-state index contributed by atoms with van der Waals surface area (Å²) in [5, 5.41) is 0. The van der Waals surface area contributed by atoms with Gasteiger partial charge in [-0.25, -0.2) is 0 Å². The van der Waals surface area contributed by atoms with Gasteiger partial charge in [0.2, 0.25) is 0 Å². The predicted octanol–water partition coefficient (Wildman–Crippen LogP) is 3.00. The lowest BCUT2D eigenvalue weighted by Crippen LogP contribution is -2.32. The van der Waals surface area contributed by atoms with Crippen LogP contribution >= 0.6 is 0 Å². The van der Waals surface area contributed by atoms with Gasteiger partial charge in [0.05, 0.1) is 13.2 Å². The number of hydrogen-bond acceptors (Lipinski definition) is 2. The molecule has 94 valence electrons. The molecule has 17 heavy (non-hydrogen) atoms. The van der Waals surface area contributed by atoms with Crippen molar-refractivity contribution in [1.29, 1.82) is 0 Å². The van der Waals surface area contributed by atoms with Crippen LogP contribution in [0.25, 0.3) is 0 Å². The van der Waals surface area contributed by atoms with Crippen LogP contribution in [-0.2, 0) is 11.3 Å². The number of benzene rings is 1. The lowest BCUT2D eigenvalue weighted by molar-refractivity contribution is 0.0863. The minimum Gasteiger partial charge on any atom is -0.375 e. The van der Waals surface area contributed by atoms with Gasteiger partial charge in [0.25, 0.3) is 0 Å². The first-order valence-electron chi connectivity index (χ1n) is 6.70. The highest BCUT2D eigenvalue weighted by atomic mass is 16.5. The Morgan fingerprint density at radius 1 is 1.18 bits per heavy atom. The van der Waals surface area contributed by atoms with E-state index in [0.29, 0.717) is 0 Å². The first kappa shape index (κ1) is 12.6. The predicted molar refractivity (Wildman–Crippen MR) is 71.1 cm³/mol. The van der Waals surface area contributed by atoms with E-state index in [1.807, 2.05) is 0 Å². The molecule has 1 aliphatic rings. The summed E-state index contributed by atoms with van der Waals surface area (Å²) in [4.78, 5) is 2.51. The lowest BCUT2D eigenvalue weighted by atomic mass is 10.1. The van der Waals surface area contributed by atoms with E-state index < -0.39 is 0 Å². The van der Waals surface area contributed by atoms with Gasteiger partial charge in [0, 0.05) is 6.54 Å². The Balaban J connectivity index is 1.62. The third kappa shape index (κ3) is 4.49. The van der Waals surface area contributed by atoms with E-state index >= 15 is 0 Å². The third-order valence-electron chi connectivity index (χ3n) is 3.35. The van der Waals surface area contributed by atoms with E-state index in [1.54, 1.807) is 0 Å². The van der Waals surface area contributed by atoms with Gasteiger partial charge in [-0.1, -0.05) is 36.2 Å². The van der Waals surface area contributed by atoms with Gasteiger partial charge in [-0.2, -0.15) is 0 Å². The highest BCUT2D eigenvalue weighted by molar-refractivity contribution is 5.21. The Hall–Kier alpha value is -0.860. The molecular formula is C15H23NO. The van der Waals surface area contributed by atoms with Gasteiger partial charge in [-0.05, 0) is 38.4 Å². The van der Waals surface area contributed by atoms with E-state index in [-0.39, 0.29) is 0 Å². The molecule has 2 heteroatoms. The number of rotatable bonds is 5. The minimum atomic E-state index is 0.746. The van der Waals surface area contributed by atoms with E-state index in [9.17, 15) is 0 Å². The van der Waals surface area contributed by atoms with Gasteiger partial charge in [-0.3, -0.25) is 0 Å². The summed E-state index contributed by atoms with van der Waals surface area (Å²) < 4.78 is 5.74. The molecule has 0 unspecified atom stereocenters. The van der Waals surface area contributed by atoms with Crippen molar-refractivity contribution in [3.05, 3.63) is 35.4 Å². The first-order chi connectivity index (χ1) is 8.34. The molecule has 0 N–H and O–H groups in total. The maximum absolute atomic E-state index is 5.74. The summed E-state index contributed by atoms with van der Waals surface area (Å²) in [6.45, 7) is 7.33. The van der Waals surface area contributed by atoms with Crippen LogP contribution in [0.4, 0.5) is 0 Å². The van der Waals surface area contributed by atoms with Crippen molar-refractivity contribution in [2.24, 2.45) is 0 Å². The van der Waals surface area contributed by atoms with E-state index in [0.717, 1.165) is 19.8 Å². The fourth-order valence-corrected chi connectivity index (χ4v) is 2.37. The van der Waals surface area contributed by atoms with Gasteiger partial charge in [-0.15, -0.1) is 0 Å². The molecule has 2 nitrogen and oxygen atoms in total. The van der Waals surface area contributed by atoms with Crippen molar-refractivity contribution in [1.82, 2.24) is 4.90 Å². The molecular weight excluding hydrogens is 210 g/mol. The van der Waals surface area contributed by atoms with E-state index in [1.165, 1.54) is 43.5 Å². The number of ether oxygens (including phenoxy) is 1. The molecule has 1 heterocycles. The van der Waals surface area contributed by atoms with Crippen LogP contribution in [0.1, 0.15) is 30.4 Å². The minimum absolute atomic E-state index is 0.746. The molecule has 0 saturated carbocycles. The zero-order valence-electron chi connectivity index (χ0n) is 10.8. The van der Waals surface area contributed by atoms with Crippen molar-refractivity contribution in [2.75, 3.05) is 26.2 Å². The molecule has 1 saturated heterocycles. The van der Waals surface area contributed by atoms with Crippen molar-refractivity contribution in [2.45, 2.75) is 32.8 Å². The number of aryl methyl sites for hydroxylation is 1.